The Morgan fingerprint density at radius 3 is 2.76 bits per heavy atom. The van der Waals surface area contributed by atoms with Gasteiger partial charge >= 0.3 is 0 Å². The van der Waals surface area contributed by atoms with Crippen LogP contribution in [-0.4, -0.2) is 31.3 Å². The number of nitrogens with zero attached hydrogens (tertiary/aromatic N) is 5. The molecular weight excluding hydrogens is 424 g/mol. The van der Waals surface area contributed by atoms with E-state index in [1.165, 1.54) is 18.2 Å². The van der Waals surface area contributed by atoms with E-state index in [-0.39, 0.29) is 24.6 Å². The summed E-state index contributed by atoms with van der Waals surface area (Å²) in [6.07, 6.45) is 3.20. The van der Waals surface area contributed by atoms with Crippen LogP contribution in [-0.2, 0) is 16.1 Å². The number of carbonyl (C=O) groups excluding carboxylic acids is 2. The molecule has 3 heterocycles. The van der Waals surface area contributed by atoms with Crippen LogP contribution in [0.4, 0.5) is 17.3 Å². The van der Waals surface area contributed by atoms with E-state index in [1.807, 2.05) is 30.3 Å². The summed E-state index contributed by atoms with van der Waals surface area (Å²) < 4.78 is 1.78. The molecule has 0 aliphatic carbocycles. The highest BCUT2D eigenvalue weighted by molar-refractivity contribution is 6.05. The molecule has 2 amide bonds. The van der Waals surface area contributed by atoms with Crippen LogP contribution in [0.2, 0.25) is 0 Å². The molecule has 0 spiro atoms. The summed E-state index contributed by atoms with van der Waals surface area (Å²) in [7, 11) is 0. The zero-order valence-corrected chi connectivity index (χ0v) is 17.3. The molecule has 1 N–H and O–H groups in total. The van der Waals surface area contributed by atoms with Gasteiger partial charge in [-0.3, -0.25) is 34.2 Å². The summed E-state index contributed by atoms with van der Waals surface area (Å²) in [5, 5.41) is 13.7. The summed E-state index contributed by atoms with van der Waals surface area (Å²) in [4.78, 5) is 47.0. The number of benzene rings is 2. The van der Waals surface area contributed by atoms with Gasteiger partial charge in [0, 0.05) is 30.2 Å². The molecule has 0 saturated carbocycles. The van der Waals surface area contributed by atoms with E-state index in [9.17, 15) is 19.7 Å². The molecule has 5 rings (SSSR count). The Kier molecular flexibility index (Phi) is 5.02. The normalized spacial score (nSPS) is 15.0. The summed E-state index contributed by atoms with van der Waals surface area (Å²) >= 11 is 0. The van der Waals surface area contributed by atoms with Gasteiger partial charge in [-0.1, -0.05) is 24.3 Å². The van der Waals surface area contributed by atoms with Gasteiger partial charge in [0.15, 0.2) is 0 Å². The Balaban J connectivity index is 1.45. The average Bonchev–Trinajstić information content (AvgIpc) is 3.30. The Bertz CT molecular complexity index is 1380. The number of nitro groups is 1. The van der Waals surface area contributed by atoms with Crippen LogP contribution in [0.5, 0.6) is 0 Å². The van der Waals surface area contributed by atoms with Crippen LogP contribution in [0.3, 0.4) is 0 Å². The van der Waals surface area contributed by atoms with Gasteiger partial charge in [-0.25, -0.2) is 4.98 Å². The zero-order chi connectivity index (χ0) is 22.9. The van der Waals surface area contributed by atoms with Crippen LogP contribution in [0.1, 0.15) is 18.0 Å². The van der Waals surface area contributed by atoms with Crippen LogP contribution in [0, 0.1) is 10.1 Å². The molecule has 10 nitrogen and oxygen atoms in total. The fraction of sp³-hybridized carbons (Fsp3) is 0.130. The molecule has 164 valence electrons. The predicted molar refractivity (Wildman–Crippen MR) is 121 cm³/mol. The van der Waals surface area contributed by atoms with Gasteiger partial charge in [0.1, 0.15) is 6.04 Å². The number of para-hydroxylation sites is 2. The minimum Gasteiger partial charge on any atom is -0.326 e. The topological polar surface area (TPSA) is 123 Å². The van der Waals surface area contributed by atoms with Gasteiger partial charge in [0.2, 0.25) is 11.9 Å². The molecular formula is C23H18N6O4. The lowest BCUT2D eigenvalue weighted by Gasteiger charge is -2.16. The SMILES string of the molecule is O=C(C[C@H]1C(=O)N(Cc2cccnc2)c2nc3ccccc3n21)Nc1cccc([N+](=O)[O-])c1. The lowest BCUT2D eigenvalue weighted by atomic mass is 10.1. The quantitative estimate of drug-likeness (QED) is 0.360. The highest BCUT2D eigenvalue weighted by atomic mass is 16.6. The maximum atomic E-state index is 13.4. The van der Waals surface area contributed by atoms with Crippen molar-refractivity contribution in [1.82, 2.24) is 14.5 Å². The van der Waals surface area contributed by atoms with Gasteiger partial charge in [-0.05, 0) is 29.8 Å². The minimum absolute atomic E-state index is 0.129. The number of fused-ring (bicyclic) bond motifs is 3. The standard InChI is InChI=1S/C23H18N6O4/c30-21(25-16-6-3-7-17(11-16)29(32)33)12-20-22(31)27(14-15-5-4-10-24-13-15)23-26-18-8-1-2-9-19(18)28(20)23/h1-11,13,20H,12,14H2,(H,25,30)/t20-/m0/s1. The first-order valence-electron chi connectivity index (χ1n) is 10.2. The fourth-order valence-electron chi connectivity index (χ4n) is 4.00. The maximum absolute atomic E-state index is 13.4. The largest absolute Gasteiger partial charge is 0.326 e. The predicted octanol–water partition coefficient (Wildman–Crippen LogP) is 3.46. The number of aromatic nitrogens is 3. The lowest BCUT2D eigenvalue weighted by molar-refractivity contribution is -0.384. The van der Waals surface area contributed by atoms with Crippen LogP contribution >= 0.6 is 0 Å². The molecule has 0 unspecified atom stereocenters. The minimum atomic E-state index is -0.789. The maximum Gasteiger partial charge on any atom is 0.271 e. The van der Waals surface area contributed by atoms with Crippen molar-refractivity contribution in [3.05, 3.63) is 88.7 Å². The Labute approximate surface area is 187 Å². The molecule has 1 aliphatic rings. The second kappa shape index (κ2) is 8.15. The van der Waals surface area contributed by atoms with E-state index >= 15 is 0 Å². The number of imidazole rings is 1. The van der Waals surface area contributed by atoms with Crippen LogP contribution in [0.25, 0.3) is 11.0 Å². The summed E-state index contributed by atoms with van der Waals surface area (Å²) in [6.45, 7) is 0.277. The summed E-state index contributed by atoms with van der Waals surface area (Å²) in [5.74, 6) is -0.208. The van der Waals surface area contributed by atoms with Crippen molar-refractivity contribution in [3.63, 3.8) is 0 Å². The second-order valence-electron chi connectivity index (χ2n) is 7.63. The molecule has 4 aromatic rings. The number of pyridine rings is 1. The number of nitrogens with one attached hydrogen (secondary N) is 1. The first kappa shape index (κ1) is 20.3. The van der Waals surface area contributed by atoms with Crippen molar-refractivity contribution in [1.29, 1.82) is 0 Å². The van der Waals surface area contributed by atoms with Gasteiger partial charge < -0.3 is 5.32 Å². The highest BCUT2D eigenvalue weighted by Gasteiger charge is 2.40. The zero-order valence-electron chi connectivity index (χ0n) is 17.3. The molecule has 1 atom stereocenters. The van der Waals surface area contributed by atoms with Crippen molar-refractivity contribution in [3.8, 4) is 0 Å². The van der Waals surface area contributed by atoms with Crippen molar-refractivity contribution in [2.45, 2.75) is 19.0 Å². The molecule has 0 radical (unpaired) electrons. The average molecular weight is 442 g/mol. The molecule has 2 aromatic heterocycles. The molecule has 33 heavy (non-hydrogen) atoms. The number of hydrogen-bond acceptors (Lipinski definition) is 6. The second-order valence-corrected chi connectivity index (χ2v) is 7.63. The molecule has 2 aromatic carbocycles. The monoisotopic (exact) mass is 442 g/mol. The van der Waals surface area contributed by atoms with Crippen molar-refractivity contribution in [2.75, 3.05) is 10.2 Å². The number of hydrogen-bond donors (Lipinski definition) is 1. The third-order valence-electron chi connectivity index (χ3n) is 5.46. The van der Waals surface area contributed by atoms with E-state index in [0.29, 0.717) is 11.6 Å². The van der Waals surface area contributed by atoms with Crippen molar-refractivity contribution < 1.29 is 14.5 Å². The van der Waals surface area contributed by atoms with Crippen molar-refractivity contribution >= 4 is 40.2 Å². The first-order chi connectivity index (χ1) is 16.0. The van der Waals surface area contributed by atoms with Gasteiger partial charge in [0.25, 0.3) is 11.6 Å². The van der Waals surface area contributed by atoms with E-state index in [0.717, 1.165) is 16.6 Å². The molecule has 10 heteroatoms. The Morgan fingerprint density at radius 2 is 1.97 bits per heavy atom. The number of amides is 2. The molecule has 0 bridgehead atoms. The third kappa shape index (κ3) is 3.78. The number of carbonyl (C=O) groups is 2. The number of non-ortho nitro benzene ring substituents is 1. The molecule has 0 fully saturated rings. The van der Waals surface area contributed by atoms with E-state index in [1.54, 1.807) is 34.0 Å². The van der Waals surface area contributed by atoms with Crippen LogP contribution < -0.4 is 10.2 Å². The number of rotatable bonds is 6. The van der Waals surface area contributed by atoms with Gasteiger partial charge in [-0.2, -0.15) is 0 Å². The highest BCUT2D eigenvalue weighted by Crippen LogP contribution is 2.37. The Hall–Kier alpha value is -4.60. The third-order valence-corrected chi connectivity index (χ3v) is 5.46. The molecule has 1 aliphatic heterocycles. The summed E-state index contributed by atoms with van der Waals surface area (Å²) in [5.41, 5.74) is 2.48. The lowest BCUT2D eigenvalue weighted by Crippen LogP contribution is -2.31. The van der Waals surface area contributed by atoms with Crippen molar-refractivity contribution in [2.24, 2.45) is 0 Å². The summed E-state index contributed by atoms with van der Waals surface area (Å²) in [6, 6.07) is 16.0. The van der Waals surface area contributed by atoms with Gasteiger partial charge in [-0.15, -0.1) is 0 Å². The first-order valence-corrected chi connectivity index (χ1v) is 10.2. The van der Waals surface area contributed by atoms with Gasteiger partial charge in [0.05, 0.1) is 28.9 Å². The Morgan fingerprint density at radius 1 is 1.12 bits per heavy atom. The smallest absolute Gasteiger partial charge is 0.271 e. The molecule has 0 saturated heterocycles. The van der Waals surface area contributed by atoms with E-state index in [2.05, 4.69) is 15.3 Å². The fourth-order valence-corrected chi connectivity index (χ4v) is 4.00. The van der Waals surface area contributed by atoms with Crippen LogP contribution in [0.15, 0.2) is 73.1 Å². The van der Waals surface area contributed by atoms with E-state index < -0.39 is 16.9 Å². The number of nitro benzene ring substituents is 1. The number of anilines is 2. The van der Waals surface area contributed by atoms with E-state index in [4.69, 9.17) is 0 Å².